The molecule has 1 aromatic heterocycles. The molecule has 0 saturated carbocycles. The van der Waals surface area contributed by atoms with Crippen LogP contribution in [0.4, 0.5) is 0 Å². The molecule has 0 aliphatic rings. The molecular weight excluding hydrogens is 314 g/mol. The quantitative estimate of drug-likeness (QED) is 0.336. The van der Waals surface area contributed by atoms with E-state index in [1.165, 1.54) is 44.2 Å². The highest BCUT2D eigenvalue weighted by molar-refractivity contribution is 6.14. The lowest BCUT2D eigenvalue weighted by Gasteiger charge is -2.12. The van der Waals surface area contributed by atoms with Gasteiger partial charge in [0.2, 0.25) is 0 Å². The molecule has 5 rings (SSSR count). The van der Waals surface area contributed by atoms with Crippen molar-refractivity contribution < 1.29 is 0 Å². The normalized spacial score (nSPS) is 11.3. The second-order valence-corrected chi connectivity index (χ2v) is 6.76. The number of benzene rings is 4. The highest BCUT2D eigenvalue weighted by atomic mass is 15.0. The number of hydrogen-bond acceptors (Lipinski definition) is 0. The first-order valence-corrected chi connectivity index (χ1v) is 8.97. The second-order valence-electron chi connectivity index (χ2n) is 6.76. The van der Waals surface area contributed by atoms with E-state index in [9.17, 15) is 0 Å². The first-order valence-electron chi connectivity index (χ1n) is 8.97. The summed E-state index contributed by atoms with van der Waals surface area (Å²) in [5.74, 6) is 0. The van der Waals surface area contributed by atoms with Crippen LogP contribution in [0.2, 0.25) is 0 Å². The summed E-state index contributed by atoms with van der Waals surface area (Å²) in [6.07, 6.45) is 0. The Hall–Kier alpha value is -3.32. The molecule has 0 unspecified atom stereocenters. The lowest BCUT2D eigenvalue weighted by atomic mass is 9.99. The van der Waals surface area contributed by atoms with E-state index in [1.54, 1.807) is 0 Å². The molecule has 0 aliphatic heterocycles. The van der Waals surface area contributed by atoms with Gasteiger partial charge in [-0.25, -0.2) is 0 Å². The molecule has 0 saturated heterocycles. The molecule has 1 heterocycles. The molecule has 0 amide bonds. The van der Waals surface area contributed by atoms with Crippen molar-refractivity contribution in [2.45, 2.75) is 6.92 Å². The Morgan fingerprint density at radius 2 is 1.27 bits per heavy atom. The summed E-state index contributed by atoms with van der Waals surface area (Å²) in [5, 5.41) is 2.61. The number of hydrogen-bond donors (Lipinski definition) is 0. The van der Waals surface area contributed by atoms with Gasteiger partial charge in [0.1, 0.15) is 0 Å². The Labute approximate surface area is 153 Å². The average Bonchev–Trinajstić information content (AvgIpc) is 3.03. The van der Waals surface area contributed by atoms with Crippen LogP contribution in [0.3, 0.4) is 0 Å². The summed E-state index contributed by atoms with van der Waals surface area (Å²) in [7, 11) is 0. The van der Waals surface area contributed by atoms with E-state index < -0.39 is 0 Å². The van der Waals surface area contributed by atoms with E-state index in [4.69, 9.17) is 0 Å². The Bertz CT molecular complexity index is 1210. The van der Waals surface area contributed by atoms with Crippen molar-refractivity contribution in [2.75, 3.05) is 0 Å². The summed E-state index contributed by atoms with van der Waals surface area (Å²) in [5.41, 5.74) is 7.53. The maximum Gasteiger partial charge on any atom is 0.0619 e. The predicted octanol–water partition coefficient (Wildman–Crippen LogP) is 6.76. The topological polar surface area (TPSA) is 4.93 Å². The Balaban J connectivity index is 2.02. The van der Waals surface area contributed by atoms with Crippen LogP contribution in [-0.2, 0) is 0 Å². The highest BCUT2D eigenvalue weighted by Gasteiger charge is 2.16. The average molecular weight is 333 g/mol. The smallest absolute Gasteiger partial charge is 0.0619 e. The third-order valence-electron chi connectivity index (χ3n) is 5.01. The zero-order valence-corrected chi connectivity index (χ0v) is 14.7. The lowest BCUT2D eigenvalue weighted by molar-refractivity contribution is 1.18. The van der Waals surface area contributed by atoms with Gasteiger partial charge in [-0.2, -0.15) is 0 Å². The zero-order chi connectivity index (χ0) is 17.5. The molecule has 0 fully saturated rings. The van der Waals surface area contributed by atoms with Gasteiger partial charge in [-0.3, -0.25) is 0 Å². The maximum absolute atomic E-state index is 2.40. The molecule has 1 nitrogen and oxygen atoms in total. The van der Waals surface area contributed by atoms with Gasteiger partial charge in [-0.1, -0.05) is 66.7 Å². The van der Waals surface area contributed by atoms with Gasteiger partial charge < -0.3 is 4.57 Å². The number of fused-ring (bicyclic) bond motifs is 3. The van der Waals surface area contributed by atoms with Crippen LogP contribution in [0.15, 0.2) is 97.1 Å². The minimum Gasteiger partial charge on any atom is -0.309 e. The second kappa shape index (κ2) is 5.89. The predicted molar refractivity (Wildman–Crippen MR) is 111 cm³/mol. The van der Waals surface area contributed by atoms with Crippen LogP contribution in [0, 0.1) is 6.92 Å². The number of rotatable bonds is 2. The van der Waals surface area contributed by atoms with Crippen molar-refractivity contribution in [1.82, 2.24) is 4.57 Å². The van der Waals surface area contributed by atoms with Gasteiger partial charge in [0, 0.05) is 22.0 Å². The van der Waals surface area contributed by atoms with Gasteiger partial charge >= 0.3 is 0 Å². The van der Waals surface area contributed by atoms with E-state index in [0.717, 1.165) is 0 Å². The summed E-state index contributed by atoms with van der Waals surface area (Å²) >= 11 is 0. The van der Waals surface area contributed by atoms with Crippen LogP contribution in [0.5, 0.6) is 0 Å². The minimum atomic E-state index is 1.19. The van der Waals surface area contributed by atoms with E-state index in [1.807, 2.05) is 0 Å². The fourth-order valence-electron chi connectivity index (χ4n) is 3.92. The SMILES string of the molecule is Cc1cc(-c2ccccc2)c2c(c1)c1ccccc1n2-c1ccccc1. The Kier molecular flexibility index (Phi) is 3.39. The molecule has 0 bridgehead atoms. The third kappa shape index (κ3) is 2.25. The van der Waals surface area contributed by atoms with Crippen molar-refractivity contribution >= 4 is 21.8 Å². The van der Waals surface area contributed by atoms with Gasteiger partial charge in [0.15, 0.2) is 0 Å². The molecule has 0 radical (unpaired) electrons. The summed E-state index contributed by atoms with van der Waals surface area (Å²) < 4.78 is 2.40. The molecule has 1 heteroatoms. The van der Waals surface area contributed by atoms with Crippen molar-refractivity contribution in [1.29, 1.82) is 0 Å². The van der Waals surface area contributed by atoms with Crippen molar-refractivity contribution in [3.05, 3.63) is 103 Å². The van der Waals surface area contributed by atoms with E-state index in [0.29, 0.717) is 0 Å². The van der Waals surface area contributed by atoms with E-state index in [2.05, 4.69) is 109 Å². The van der Waals surface area contributed by atoms with Crippen LogP contribution < -0.4 is 0 Å². The van der Waals surface area contributed by atoms with Crippen LogP contribution in [0.25, 0.3) is 38.6 Å². The third-order valence-corrected chi connectivity index (χ3v) is 5.01. The van der Waals surface area contributed by atoms with Gasteiger partial charge in [-0.15, -0.1) is 0 Å². The van der Waals surface area contributed by atoms with Crippen LogP contribution in [-0.4, -0.2) is 4.57 Å². The molecule has 5 aromatic rings. The fraction of sp³-hybridized carbons (Fsp3) is 0.0400. The lowest BCUT2D eigenvalue weighted by Crippen LogP contribution is -1.95. The molecule has 124 valence electrons. The zero-order valence-electron chi connectivity index (χ0n) is 14.7. The number of nitrogens with zero attached hydrogens (tertiary/aromatic N) is 1. The molecular formula is C25H19N. The molecule has 26 heavy (non-hydrogen) atoms. The van der Waals surface area contributed by atoms with Gasteiger partial charge in [0.25, 0.3) is 0 Å². The maximum atomic E-state index is 2.40. The molecule has 0 aliphatic carbocycles. The number of aryl methyl sites for hydroxylation is 1. The van der Waals surface area contributed by atoms with Crippen molar-refractivity contribution in [3.8, 4) is 16.8 Å². The Morgan fingerprint density at radius 3 is 2.04 bits per heavy atom. The first-order chi connectivity index (χ1) is 12.8. The van der Waals surface area contributed by atoms with Crippen LogP contribution in [0.1, 0.15) is 5.56 Å². The molecule has 0 atom stereocenters. The standard InChI is InChI=1S/C25H19N/c1-18-16-22(19-10-4-2-5-11-19)25-23(17-18)21-14-8-9-15-24(21)26(25)20-12-6-3-7-13-20/h2-17H,1H3. The summed E-state index contributed by atoms with van der Waals surface area (Å²) in [6.45, 7) is 2.18. The van der Waals surface area contributed by atoms with Crippen molar-refractivity contribution in [2.24, 2.45) is 0 Å². The molecule has 4 aromatic carbocycles. The van der Waals surface area contributed by atoms with E-state index in [-0.39, 0.29) is 0 Å². The van der Waals surface area contributed by atoms with E-state index >= 15 is 0 Å². The van der Waals surface area contributed by atoms with Crippen molar-refractivity contribution in [3.63, 3.8) is 0 Å². The fourth-order valence-corrected chi connectivity index (χ4v) is 3.92. The van der Waals surface area contributed by atoms with Crippen LogP contribution >= 0.6 is 0 Å². The first kappa shape index (κ1) is 15.0. The van der Waals surface area contributed by atoms with Gasteiger partial charge in [-0.05, 0) is 48.4 Å². The molecule has 0 spiro atoms. The molecule has 0 N–H and O–H groups in total. The monoisotopic (exact) mass is 333 g/mol. The number of para-hydroxylation sites is 2. The van der Waals surface area contributed by atoms with Gasteiger partial charge in [0.05, 0.1) is 11.0 Å². The number of aromatic nitrogens is 1. The largest absolute Gasteiger partial charge is 0.309 e. The highest BCUT2D eigenvalue weighted by Crippen LogP contribution is 2.38. The summed E-state index contributed by atoms with van der Waals surface area (Å²) in [6, 6.07) is 34.6. The Morgan fingerprint density at radius 1 is 0.615 bits per heavy atom. The summed E-state index contributed by atoms with van der Waals surface area (Å²) in [4.78, 5) is 0. The minimum absolute atomic E-state index is 1.19.